The summed E-state index contributed by atoms with van der Waals surface area (Å²) >= 11 is 0. The third-order valence-corrected chi connectivity index (χ3v) is 4.42. The SMILES string of the molecule is Cc1c(C(=O)N(C)C2CC2)cc(S(N)(=O)=O)cc1[N+](=O)[O-]. The second-order valence-corrected chi connectivity index (χ2v) is 6.63. The van der Waals surface area contributed by atoms with Gasteiger partial charge in [-0.25, -0.2) is 13.6 Å². The summed E-state index contributed by atoms with van der Waals surface area (Å²) in [5.41, 5.74) is -0.318. The number of hydrogen-bond acceptors (Lipinski definition) is 5. The maximum absolute atomic E-state index is 12.4. The van der Waals surface area contributed by atoms with E-state index in [1.807, 2.05) is 0 Å². The summed E-state index contributed by atoms with van der Waals surface area (Å²) in [5.74, 6) is -0.441. The fourth-order valence-electron chi connectivity index (χ4n) is 2.07. The Labute approximate surface area is 121 Å². The summed E-state index contributed by atoms with van der Waals surface area (Å²) in [6.45, 7) is 1.42. The molecule has 9 heteroatoms. The number of nitro groups is 1. The van der Waals surface area contributed by atoms with E-state index in [1.54, 1.807) is 7.05 Å². The van der Waals surface area contributed by atoms with Crippen molar-refractivity contribution < 1.29 is 18.1 Å². The topological polar surface area (TPSA) is 124 Å². The van der Waals surface area contributed by atoms with Crippen molar-refractivity contribution in [3.63, 3.8) is 0 Å². The summed E-state index contributed by atoms with van der Waals surface area (Å²) in [4.78, 5) is 23.7. The van der Waals surface area contributed by atoms with Crippen LogP contribution in [0.25, 0.3) is 0 Å². The molecule has 1 aromatic carbocycles. The van der Waals surface area contributed by atoms with E-state index in [4.69, 9.17) is 5.14 Å². The fraction of sp³-hybridized carbons (Fsp3) is 0.417. The monoisotopic (exact) mass is 313 g/mol. The lowest BCUT2D eigenvalue weighted by Gasteiger charge is -2.18. The molecule has 2 rings (SSSR count). The number of nitro benzene ring substituents is 1. The smallest absolute Gasteiger partial charge is 0.274 e. The van der Waals surface area contributed by atoms with Crippen molar-refractivity contribution in [2.45, 2.75) is 30.7 Å². The molecule has 2 N–H and O–H groups in total. The molecule has 1 amide bonds. The van der Waals surface area contributed by atoms with Crippen LogP contribution < -0.4 is 5.14 Å². The predicted octanol–water partition coefficient (Wildman–Crippen LogP) is 0.785. The normalized spacial score (nSPS) is 14.8. The second kappa shape index (κ2) is 5.08. The van der Waals surface area contributed by atoms with Crippen molar-refractivity contribution in [2.75, 3.05) is 7.05 Å². The highest BCUT2D eigenvalue weighted by molar-refractivity contribution is 7.89. The molecule has 21 heavy (non-hydrogen) atoms. The molecule has 0 aliphatic heterocycles. The van der Waals surface area contributed by atoms with Crippen LogP contribution in [0.3, 0.4) is 0 Å². The van der Waals surface area contributed by atoms with E-state index in [2.05, 4.69) is 0 Å². The molecule has 0 radical (unpaired) electrons. The van der Waals surface area contributed by atoms with E-state index in [0.29, 0.717) is 0 Å². The van der Waals surface area contributed by atoms with E-state index >= 15 is 0 Å². The van der Waals surface area contributed by atoms with Gasteiger partial charge in [-0.1, -0.05) is 0 Å². The van der Waals surface area contributed by atoms with Gasteiger partial charge in [0.05, 0.1) is 15.4 Å². The zero-order valence-corrected chi connectivity index (χ0v) is 12.4. The molecule has 0 heterocycles. The minimum absolute atomic E-state index is 0.0115. The van der Waals surface area contributed by atoms with Gasteiger partial charge in [-0.15, -0.1) is 0 Å². The average Bonchev–Trinajstić information content (AvgIpc) is 3.19. The minimum Gasteiger partial charge on any atom is -0.339 e. The number of rotatable bonds is 4. The van der Waals surface area contributed by atoms with Crippen LogP contribution >= 0.6 is 0 Å². The van der Waals surface area contributed by atoms with Gasteiger partial charge in [-0.05, 0) is 25.8 Å². The molecule has 1 aromatic rings. The van der Waals surface area contributed by atoms with Crippen LogP contribution in [0.1, 0.15) is 28.8 Å². The van der Waals surface area contributed by atoms with E-state index in [-0.39, 0.29) is 17.2 Å². The molecular weight excluding hydrogens is 298 g/mol. The van der Waals surface area contributed by atoms with Gasteiger partial charge >= 0.3 is 0 Å². The standard InChI is InChI=1S/C12H15N3O5S/c1-7-10(12(16)14(2)8-3-4-8)5-9(21(13,19)20)6-11(7)15(17)18/h5-6,8H,3-4H2,1-2H3,(H2,13,19,20). The van der Waals surface area contributed by atoms with E-state index in [1.165, 1.54) is 11.8 Å². The van der Waals surface area contributed by atoms with Crippen LogP contribution in [0.2, 0.25) is 0 Å². The zero-order valence-electron chi connectivity index (χ0n) is 11.6. The Kier molecular flexibility index (Phi) is 3.72. The number of sulfonamides is 1. The van der Waals surface area contributed by atoms with Gasteiger partial charge in [0.25, 0.3) is 11.6 Å². The largest absolute Gasteiger partial charge is 0.339 e. The molecular formula is C12H15N3O5S. The lowest BCUT2D eigenvalue weighted by molar-refractivity contribution is -0.385. The molecule has 0 unspecified atom stereocenters. The van der Waals surface area contributed by atoms with Crippen LogP contribution in [-0.4, -0.2) is 37.2 Å². The highest BCUT2D eigenvalue weighted by Gasteiger charge is 2.32. The molecule has 0 atom stereocenters. The molecule has 0 saturated heterocycles. The molecule has 0 bridgehead atoms. The quantitative estimate of drug-likeness (QED) is 0.650. The molecule has 1 aliphatic rings. The Morgan fingerprint density at radius 3 is 2.43 bits per heavy atom. The Morgan fingerprint density at radius 1 is 1.43 bits per heavy atom. The van der Waals surface area contributed by atoms with Crippen LogP contribution in [0.15, 0.2) is 17.0 Å². The van der Waals surface area contributed by atoms with Gasteiger partial charge in [0, 0.05) is 24.7 Å². The Hall–Kier alpha value is -2.00. The first kappa shape index (κ1) is 15.4. The zero-order chi connectivity index (χ0) is 15.9. The van der Waals surface area contributed by atoms with Gasteiger partial charge in [-0.2, -0.15) is 0 Å². The van der Waals surface area contributed by atoms with Crippen molar-refractivity contribution in [2.24, 2.45) is 5.14 Å². The molecule has 1 fully saturated rings. The van der Waals surface area contributed by atoms with Crippen LogP contribution in [0.5, 0.6) is 0 Å². The average molecular weight is 313 g/mol. The number of carbonyl (C=O) groups excluding carboxylic acids is 1. The molecule has 8 nitrogen and oxygen atoms in total. The first-order valence-electron chi connectivity index (χ1n) is 6.22. The lowest BCUT2D eigenvalue weighted by atomic mass is 10.1. The number of benzene rings is 1. The molecule has 114 valence electrons. The summed E-state index contributed by atoms with van der Waals surface area (Å²) in [6, 6.07) is 2.08. The van der Waals surface area contributed by atoms with Crippen molar-refractivity contribution in [1.82, 2.24) is 4.90 Å². The Bertz CT molecular complexity index is 725. The van der Waals surface area contributed by atoms with Crippen molar-refractivity contribution >= 4 is 21.6 Å². The van der Waals surface area contributed by atoms with Gasteiger partial charge < -0.3 is 4.90 Å². The number of carbonyl (C=O) groups is 1. The summed E-state index contributed by atoms with van der Waals surface area (Å²) < 4.78 is 22.9. The number of nitrogens with two attached hydrogens (primary N) is 1. The highest BCUT2D eigenvalue weighted by atomic mass is 32.2. The Morgan fingerprint density at radius 2 is 2.00 bits per heavy atom. The molecule has 0 aromatic heterocycles. The Balaban J connectivity index is 2.60. The number of primary sulfonamides is 1. The van der Waals surface area contributed by atoms with Crippen molar-refractivity contribution in [3.05, 3.63) is 33.4 Å². The van der Waals surface area contributed by atoms with E-state index < -0.39 is 31.4 Å². The summed E-state index contributed by atoms with van der Waals surface area (Å²) in [6.07, 6.45) is 1.75. The van der Waals surface area contributed by atoms with Gasteiger partial charge in [0.15, 0.2) is 0 Å². The maximum atomic E-state index is 12.4. The summed E-state index contributed by atoms with van der Waals surface area (Å²) in [5, 5.41) is 16.1. The number of hydrogen-bond donors (Lipinski definition) is 1. The van der Waals surface area contributed by atoms with Crippen LogP contribution in [0.4, 0.5) is 5.69 Å². The maximum Gasteiger partial charge on any atom is 0.274 e. The van der Waals surface area contributed by atoms with Gasteiger partial charge in [0.1, 0.15) is 0 Å². The fourth-order valence-corrected chi connectivity index (χ4v) is 2.62. The van der Waals surface area contributed by atoms with Crippen molar-refractivity contribution in [1.29, 1.82) is 0 Å². The molecule has 1 saturated carbocycles. The van der Waals surface area contributed by atoms with Crippen LogP contribution in [0, 0.1) is 17.0 Å². The van der Waals surface area contributed by atoms with Gasteiger partial charge in [-0.3, -0.25) is 14.9 Å². The molecule has 1 aliphatic carbocycles. The summed E-state index contributed by atoms with van der Waals surface area (Å²) in [7, 11) is -2.54. The van der Waals surface area contributed by atoms with Gasteiger partial charge in [0.2, 0.25) is 10.0 Å². The van der Waals surface area contributed by atoms with Crippen LogP contribution in [-0.2, 0) is 10.0 Å². The first-order valence-corrected chi connectivity index (χ1v) is 7.76. The number of nitrogens with zero attached hydrogens (tertiary/aromatic N) is 2. The minimum atomic E-state index is -4.14. The molecule has 0 spiro atoms. The third kappa shape index (κ3) is 3.03. The number of amides is 1. The second-order valence-electron chi connectivity index (χ2n) is 5.06. The van der Waals surface area contributed by atoms with E-state index in [0.717, 1.165) is 25.0 Å². The highest BCUT2D eigenvalue weighted by Crippen LogP contribution is 2.30. The lowest BCUT2D eigenvalue weighted by Crippen LogP contribution is -2.29. The third-order valence-electron chi connectivity index (χ3n) is 3.52. The van der Waals surface area contributed by atoms with Crippen molar-refractivity contribution in [3.8, 4) is 0 Å². The first-order chi connectivity index (χ1) is 9.62. The predicted molar refractivity (Wildman–Crippen MR) is 74.3 cm³/mol. The van der Waals surface area contributed by atoms with E-state index in [9.17, 15) is 23.3 Å².